The zero-order valence-corrected chi connectivity index (χ0v) is 14.5. The second kappa shape index (κ2) is 6.73. The number of aromatic nitrogens is 2. The third kappa shape index (κ3) is 3.48. The predicted molar refractivity (Wildman–Crippen MR) is 90.4 cm³/mol. The molecule has 1 aromatic heterocycles. The Morgan fingerprint density at radius 1 is 1.17 bits per heavy atom. The van der Waals surface area contributed by atoms with E-state index in [9.17, 15) is 4.79 Å². The summed E-state index contributed by atoms with van der Waals surface area (Å²) in [4.78, 5) is 21.4. The second-order valence-electron chi connectivity index (χ2n) is 6.79. The number of aryl methyl sites for hydroxylation is 1. The number of rotatable bonds is 4. The normalized spacial score (nSPS) is 16.4. The van der Waals surface area contributed by atoms with Gasteiger partial charge in [-0.3, -0.25) is 9.69 Å². The Kier molecular flexibility index (Phi) is 4.66. The van der Waals surface area contributed by atoms with Crippen LogP contribution in [0.1, 0.15) is 31.1 Å². The van der Waals surface area contributed by atoms with Gasteiger partial charge in [0, 0.05) is 26.2 Å². The Balaban J connectivity index is 1.59. The highest BCUT2D eigenvalue weighted by atomic mass is 16.5. The van der Waals surface area contributed by atoms with Crippen LogP contribution in [0.25, 0.3) is 0 Å². The minimum absolute atomic E-state index is 0.182. The van der Waals surface area contributed by atoms with Gasteiger partial charge in [-0.2, -0.15) is 4.98 Å². The molecule has 0 radical (unpaired) electrons. The van der Waals surface area contributed by atoms with Crippen molar-refractivity contribution in [3.8, 4) is 0 Å². The topological polar surface area (TPSA) is 62.5 Å². The maximum atomic E-state index is 13.0. The molecule has 1 aliphatic rings. The molecule has 24 heavy (non-hydrogen) atoms. The minimum atomic E-state index is -0.507. The molecule has 0 N–H and O–H groups in total. The number of hydrogen-bond donors (Lipinski definition) is 0. The Morgan fingerprint density at radius 2 is 1.83 bits per heavy atom. The van der Waals surface area contributed by atoms with Crippen molar-refractivity contribution in [3.05, 3.63) is 47.6 Å². The lowest BCUT2D eigenvalue weighted by atomic mass is 9.83. The van der Waals surface area contributed by atoms with Gasteiger partial charge >= 0.3 is 0 Å². The van der Waals surface area contributed by atoms with Gasteiger partial charge < -0.3 is 9.42 Å². The fourth-order valence-corrected chi connectivity index (χ4v) is 3.08. The smallest absolute Gasteiger partial charge is 0.240 e. The molecule has 1 saturated heterocycles. The fourth-order valence-electron chi connectivity index (χ4n) is 3.08. The molecule has 1 fully saturated rings. The molecule has 3 rings (SSSR count). The van der Waals surface area contributed by atoms with Crippen LogP contribution in [0.15, 0.2) is 34.9 Å². The van der Waals surface area contributed by atoms with Crippen LogP contribution in [-0.4, -0.2) is 52.0 Å². The first-order chi connectivity index (χ1) is 11.5. The molecule has 1 aliphatic heterocycles. The molecule has 2 heterocycles. The summed E-state index contributed by atoms with van der Waals surface area (Å²) in [6.07, 6.45) is 0. The average molecular weight is 328 g/mol. The third-order valence-corrected chi connectivity index (χ3v) is 4.62. The Morgan fingerprint density at radius 3 is 2.42 bits per heavy atom. The highest BCUT2D eigenvalue weighted by Gasteiger charge is 2.35. The van der Waals surface area contributed by atoms with Crippen LogP contribution in [0.4, 0.5) is 0 Å². The summed E-state index contributed by atoms with van der Waals surface area (Å²) in [5.74, 6) is 1.47. The van der Waals surface area contributed by atoms with Crippen LogP contribution in [-0.2, 0) is 16.8 Å². The minimum Gasteiger partial charge on any atom is -0.339 e. The van der Waals surface area contributed by atoms with E-state index in [0.717, 1.165) is 31.7 Å². The van der Waals surface area contributed by atoms with Crippen molar-refractivity contribution in [1.82, 2.24) is 19.9 Å². The van der Waals surface area contributed by atoms with Crippen LogP contribution < -0.4 is 0 Å². The largest absolute Gasteiger partial charge is 0.339 e. The molecular formula is C18H24N4O2. The van der Waals surface area contributed by atoms with Crippen LogP contribution in [0, 0.1) is 6.92 Å². The average Bonchev–Trinajstić information content (AvgIpc) is 3.00. The van der Waals surface area contributed by atoms with Crippen molar-refractivity contribution in [2.45, 2.75) is 32.7 Å². The van der Waals surface area contributed by atoms with Gasteiger partial charge in [-0.05, 0) is 26.3 Å². The second-order valence-corrected chi connectivity index (χ2v) is 6.79. The number of benzene rings is 1. The van der Waals surface area contributed by atoms with E-state index < -0.39 is 5.41 Å². The first-order valence-corrected chi connectivity index (χ1v) is 8.33. The van der Waals surface area contributed by atoms with Crippen LogP contribution in [0.3, 0.4) is 0 Å². The molecule has 6 nitrogen and oxygen atoms in total. The van der Waals surface area contributed by atoms with E-state index >= 15 is 0 Å². The predicted octanol–water partition coefficient (Wildman–Crippen LogP) is 2.00. The number of amides is 1. The summed E-state index contributed by atoms with van der Waals surface area (Å²) >= 11 is 0. The van der Waals surface area contributed by atoms with E-state index in [2.05, 4.69) is 15.0 Å². The van der Waals surface area contributed by atoms with Crippen molar-refractivity contribution in [2.75, 3.05) is 26.2 Å². The van der Waals surface area contributed by atoms with Gasteiger partial charge in [0.15, 0.2) is 5.82 Å². The zero-order valence-electron chi connectivity index (χ0n) is 14.5. The lowest BCUT2D eigenvalue weighted by molar-refractivity contribution is -0.138. The van der Waals surface area contributed by atoms with Gasteiger partial charge in [0.05, 0.1) is 12.0 Å². The van der Waals surface area contributed by atoms with Gasteiger partial charge in [-0.1, -0.05) is 35.5 Å². The Labute approximate surface area is 142 Å². The van der Waals surface area contributed by atoms with Crippen LogP contribution >= 0.6 is 0 Å². The maximum absolute atomic E-state index is 13.0. The fraction of sp³-hybridized carbons (Fsp3) is 0.500. The molecule has 0 spiro atoms. The summed E-state index contributed by atoms with van der Waals surface area (Å²) in [6.45, 7) is 9.54. The van der Waals surface area contributed by atoms with Crippen molar-refractivity contribution < 1.29 is 9.32 Å². The van der Waals surface area contributed by atoms with E-state index in [-0.39, 0.29) is 5.91 Å². The Hall–Kier alpha value is -2.21. The number of hydrogen-bond acceptors (Lipinski definition) is 5. The summed E-state index contributed by atoms with van der Waals surface area (Å²) in [7, 11) is 0. The third-order valence-electron chi connectivity index (χ3n) is 4.62. The van der Waals surface area contributed by atoms with Gasteiger partial charge in [-0.25, -0.2) is 0 Å². The lowest BCUT2D eigenvalue weighted by Crippen LogP contribution is -2.52. The molecular weight excluding hydrogens is 304 g/mol. The van der Waals surface area contributed by atoms with Gasteiger partial charge in [0.2, 0.25) is 11.8 Å². The van der Waals surface area contributed by atoms with Crippen molar-refractivity contribution >= 4 is 5.91 Å². The number of piperazine rings is 1. The van der Waals surface area contributed by atoms with Gasteiger partial charge in [0.1, 0.15) is 0 Å². The van der Waals surface area contributed by atoms with E-state index in [1.54, 1.807) is 0 Å². The van der Waals surface area contributed by atoms with E-state index in [1.807, 2.05) is 56.0 Å². The number of carbonyl (C=O) groups excluding carboxylic acids is 1. The molecule has 2 aromatic rings. The first-order valence-electron chi connectivity index (χ1n) is 8.33. The quantitative estimate of drug-likeness (QED) is 0.859. The molecule has 0 atom stereocenters. The van der Waals surface area contributed by atoms with Crippen LogP contribution in [0.2, 0.25) is 0 Å². The van der Waals surface area contributed by atoms with Crippen molar-refractivity contribution in [2.24, 2.45) is 0 Å². The standard InChI is InChI=1S/C18H24N4O2/c1-14-19-16(24-20-14)13-21-9-11-22(12-10-21)17(23)18(2,3)15-7-5-4-6-8-15/h4-8H,9-13H2,1-3H3. The summed E-state index contributed by atoms with van der Waals surface area (Å²) < 4.78 is 5.17. The number of carbonyl (C=O) groups is 1. The maximum Gasteiger partial charge on any atom is 0.240 e. The first kappa shape index (κ1) is 16.6. The summed E-state index contributed by atoms with van der Waals surface area (Å²) in [5.41, 5.74) is 0.547. The molecule has 6 heteroatoms. The Bertz CT molecular complexity index is 688. The zero-order chi connectivity index (χ0) is 17.2. The van der Waals surface area contributed by atoms with Gasteiger partial charge in [-0.15, -0.1) is 0 Å². The SMILES string of the molecule is Cc1noc(CN2CCN(C(=O)C(C)(C)c3ccccc3)CC2)n1. The van der Waals surface area contributed by atoms with Gasteiger partial charge in [0.25, 0.3) is 0 Å². The molecule has 0 unspecified atom stereocenters. The highest BCUT2D eigenvalue weighted by molar-refractivity contribution is 5.87. The van der Waals surface area contributed by atoms with Crippen molar-refractivity contribution in [1.29, 1.82) is 0 Å². The summed E-state index contributed by atoms with van der Waals surface area (Å²) in [5, 5.41) is 3.81. The van der Waals surface area contributed by atoms with Crippen LogP contribution in [0.5, 0.6) is 0 Å². The number of nitrogens with zero attached hydrogens (tertiary/aromatic N) is 4. The molecule has 0 bridgehead atoms. The highest BCUT2D eigenvalue weighted by Crippen LogP contribution is 2.26. The molecule has 1 aromatic carbocycles. The molecule has 0 aliphatic carbocycles. The summed E-state index contributed by atoms with van der Waals surface area (Å²) in [6, 6.07) is 9.98. The molecule has 128 valence electrons. The lowest BCUT2D eigenvalue weighted by Gasteiger charge is -2.38. The van der Waals surface area contributed by atoms with E-state index in [4.69, 9.17) is 4.52 Å². The van der Waals surface area contributed by atoms with Crippen molar-refractivity contribution in [3.63, 3.8) is 0 Å². The molecule has 0 saturated carbocycles. The molecule has 1 amide bonds. The monoisotopic (exact) mass is 328 g/mol. The van der Waals surface area contributed by atoms with E-state index in [0.29, 0.717) is 18.3 Å². The van der Waals surface area contributed by atoms with E-state index in [1.165, 1.54) is 0 Å².